The Kier molecular flexibility index (Phi) is 4.80. The maximum absolute atomic E-state index is 12.7. The molecule has 2 N–H and O–H groups in total. The minimum atomic E-state index is -0.0633. The van der Waals surface area contributed by atoms with Gasteiger partial charge in [0.2, 0.25) is 5.91 Å². The molecule has 2 aliphatic rings. The van der Waals surface area contributed by atoms with Crippen LogP contribution in [-0.4, -0.2) is 24.0 Å². The molecule has 0 bridgehead atoms. The Bertz CT molecular complexity index is 811. The van der Waals surface area contributed by atoms with Crippen molar-refractivity contribution in [1.82, 2.24) is 15.6 Å². The van der Waals surface area contributed by atoms with Crippen LogP contribution in [0.25, 0.3) is 11.3 Å². The third-order valence-corrected chi connectivity index (χ3v) is 7.17. The van der Waals surface area contributed by atoms with E-state index < -0.39 is 0 Å². The molecular weight excluding hydrogens is 366 g/mol. The van der Waals surface area contributed by atoms with Crippen LogP contribution >= 0.6 is 22.9 Å². The van der Waals surface area contributed by atoms with Gasteiger partial charge in [-0.1, -0.05) is 23.7 Å². The van der Waals surface area contributed by atoms with Gasteiger partial charge in [-0.25, -0.2) is 4.98 Å². The summed E-state index contributed by atoms with van der Waals surface area (Å²) in [6.07, 6.45) is 3.28. The van der Waals surface area contributed by atoms with Gasteiger partial charge in [-0.15, -0.1) is 11.3 Å². The molecule has 6 heteroatoms. The average Bonchev–Trinajstić information content (AvgIpc) is 3.17. The number of thiazole rings is 1. The van der Waals surface area contributed by atoms with Crippen molar-refractivity contribution in [3.8, 4) is 11.3 Å². The van der Waals surface area contributed by atoms with Crippen LogP contribution < -0.4 is 10.6 Å². The zero-order valence-corrected chi connectivity index (χ0v) is 16.7. The number of hydrogen-bond donors (Lipinski definition) is 2. The molecule has 1 saturated heterocycles. The number of carbonyl (C=O) groups excluding carboxylic acids is 1. The molecule has 2 heterocycles. The van der Waals surface area contributed by atoms with E-state index in [-0.39, 0.29) is 23.3 Å². The minimum absolute atomic E-state index is 0.0633. The molecular formula is C20H24ClN3OS. The van der Waals surface area contributed by atoms with Gasteiger partial charge in [-0.3, -0.25) is 4.79 Å². The Balaban J connectivity index is 1.44. The lowest BCUT2D eigenvalue weighted by Crippen LogP contribution is -2.34. The third-order valence-electron chi connectivity index (χ3n) is 5.77. The standard InChI is InChI=1S/C20H24ClN3OS/c1-12(23-18(25)16-11-20(16)7-9-22-10-8-20)19-24-17(13(2)26-19)14-3-5-15(21)6-4-14/h3-6,12,16,22H,7-11H2,1-2H3,(H,23,25). The van der Waals surface area contributed by atoms with Crippen molar-refractivity contribution in [2.45, 2.75) is 39.2 Å². The Labute approximate surface area is 163 Å². The molecule has 2 unspecified atom stereocenters. The molecule has 2 atom stereocenters. The summed E-state index contributed by atoms with van der Waals surface area (Å²) in [6.45, 7) is 6.18. The molecule has 2 aromatic rings. The minimum Gasteiger partial charge on any atom is -0.347 e. The van der Waals surface area contributed by atoms with Crippen LogP contribution in [0.15, 0.2) is 24.3 Å². The van der Waals surface area contributed by atoms with E-state index in [1.165, 1.54) is 0 Å². The molecule has 0 radical (unpaired) electrons. The normalized spacial score (nSPS) is 22.2. The number of nitrogens with zero attached hydrogens (tertiary/aromatic N) is 1. The monoisotopic (exact) mass is 389 g/mol. The SMILES string of the molecule is Cc1sc(C(C)NC(=O)C2CC23CCNCC3)nc1-c1ccc(Cl)cc1. The van der Waals surface area contributed by atoms with Crippen molar-refractivity contribution in [2.24, 2.45) is 11.3 Å². The van der Waals surface area contributed by atoms with Gasteiger partial charge in [0.25, 0.3) is 0 Å². The first kappa shape index (κ1) is 18.0. The predicted octanol–water partition coefficient (Wildman–Crippen LogP) is 4.34. The topological polar surface area (TPSA) is 54.0 Å². The van der Waals surface area contributed by atoms with Gasteiger partial charge < -0.3 is 10.6 Å². The largest absolute Gasteiger partial charge is 0.347 e. The molecule has 1 aliphatic carbocycles. The molecule has 1 aliphatic heterocycles. The van der Waals surface area contributed by atoms with Crippen LogP contribution in [-0.2, 0) is 4.79 Å². The van der Waals surface area contributed by atoms with Gasteiger partial charge in [0, 0.05) is 21.4 Å². The number of amides is 1. The van der Waals surface area contributed by atoms with E-state index in [9.17, 15) is 4.79 Å². The molecule has 4 rings (SSSR count). The third kappa shape index (κ3) is 3.40. The van der Waals surface area contributed by atoms with E-state index in [0.717, 1.165) is 58.5 Å². The summed E-state index contributed by atoms with van der Waals surface area (Å²) in [6, 6.07) is 7.68. The molecule has 1 amide bonds. The van der Waals surface area contributed by atoms with Crippen molar-refractivity contribution in [2.75, 3.05) is 13.1 Å². The van der Waals surface area contributed by atoms with E-state index >= 15 is 0 Å². The van der Waals surface area contributed by atoms with Crippen molar-refractivity contribution < 1.29 is 4.79 Å². The van der Waals surface area contributed by atoms with Crippen LogP contribution in [0.4, 0.5) is 0 Å². The van der Waals surface area contributed by atoms with Gasteiger partial charge in [-0.05, 0) is 63.7 Å². The lowest BCUT2D eigenvalue weighted by molar-refractivity contribution is -0.123. The van der Waals surface area contributed by atoms with Crippen molar-refractivity contribution >= 4 is 28.8 Å². The van der Waals surface area contributed by atoms with Gasteiger partial charge >= 0.3 is 0 Å². The number of aromatic nitrogens is 1. The summed E-state index contributed by atoms with van der Waals surface area (Å²) in [5, 5.41) is 8.26. The smallest absolute Gasteiger partial charge is 0.224 e. The molecule has 138 valence electrons. The van der Waals surface area contributed by atoms with Crippen molar-refractivity contribution in [3.63, 3.8) is 0 Å². The van der Waals surface area contributed by atoms with Crippen LogP contribution in [0, 0.1) is 18.3 Å². The van der Waals surface area contributed by atoms with E-state index in [2.05, 4.69) is 17.6 Å². The highest BCUT2D eigenvalue weighted by molar-refractivity contribution is 7.12. The van der Waals surface area contributed by atoms with Crippen LogP contribution in [0.2, 0.25) is 5.02 Å². The number of hydrogen-bond acceptors (Lipinski definition) is 4. The Morgan fingerprint density at radius 2 is 2.04 bits per heavy atom. The molecule has 26 heavy (non-hydrogen) atoms. The quantitative estimate of drug-likeness (QED) is 0.817. The Hall–Kier alpha value is -1.43. The highest BCUT2D eigenvalue weighted by Gasteiger charge is 2.57. The summed E-state index contributed by atoms with van der Waals surface area (Å²) < 4.78 is 0. The zero-order chi connectivity index (χ0) is 18.3. The number of rotatable bonds is 4. The summed E-state index contributed by atoms with van der Waals surface area (Å²) in [4.78, 5) is 18.6. The van der Waals surface area contributed by atoms with E-state index in [1.807, 2.05) is 31.2 Å². The van der Waals surface area contributed by atoms with Gasteiger partial charge in [0.1, 0.15) is 5.01 Å². The summed E-state index contributed by atoms with van der Waals surface area (Å²) in [5.41, 5.74) is 2.30. The fraction of sp³-hybridized carbons (Fsp3) is 0.500. The highest BCUT2D eigenvalue weighted by Crippen LogP contribution is 2.58. The fourth-order valence-electron chi connectivity index (χ4n) is 4.05. The summed E-state index contributed by atoms with van der Waals surface area (Å²) in [7, 11) is 0. The Morgan fingerprint density at radius 1 is 1.35 bits per heavy atom. The van der Waals surface area contributed by atoms with Crippen LogP contribution in [0.5, 0.6) is 0 Å². The van der Waals surface area contributed by atoms with Gasteiger partial charge in [-0.2, -0.15) is 0 Å². The second kappa shape index (κ2) is 6.95. The number of carbonyl (C=O) groups is 1. The van der Waals surface area contributed by atoms with E-state index in [1.54, 1.807) is 11.3 Å². The molecule has 4 nitrogen and oxygen atoms in total. The van der Waals surface area contributed by atoms with E-state index in [4.69, 9.17) is 16.6 Å². The highest BCUT2D eigenvalue weighted by atomic mass is 35.5. The maximum atomic E-state index is 12.7. The second-order valence-electron chi connectivity index (χ2n) is 7.56. The molecule has 1 spiro atoms. The fourth-order valence-corrected chi connectivity index (χ4v) is 5.12. The number of aryl methyl sites for hydroxylation is 1. The van der Waals surface area contributed by atoms with Crippen LogP contribution in [0.1, 0.15) is 42.1 Å². The predicted molar refractivity (Wildman–Crippen MR) is 106 cm³/mol. The number of benzene rings is 1. The Morgan fingerprint density at radius 3 is 2.73 bits per heavy atom. The van der Waals surface area contributed by atoms with Gasteiger partial charge in [0.15, 0.2) is 0 Å². The first-order valence-corrected chi connectivity index (χ1v) is 10.4. The summed E-state index contributed by atoms with van der Waals surface area (Å²) >= 11 is 7.63. The maximum Gasteiger partial charge on any atom is 0.224 e. The van der Waals surface area contributed by atoms with Crippen molar-refractivity contribution in [3.05, 3.63) is 39.2 Å². The number of halogens is 1. The van der Waals surface area contributed by atoms with E-state index in [0.29, 0.717) is 0 Å². The first-order valence-electron chi connectivity index (χ1n) is 9.23. The lowest BCUT2D eigenvalue weighted by atomic mass is 9.91. The second-order valence-corrected chi connectivity index (χ2v) is 9.23. The average molecular weight is 390 g/mol. The van der Waals surface area contributed by atoms with Gasteiger partial charge in [0.05, 0.1) is 11.7 Å². The molecule has 1 aromatic carbocycles. The first-order chi connectivity index (χ1) is 12.5. The zero-order valence-electron chi connectivity index (χ0n) is 15.1. The molecule has 2 fully saturated rings. The van der Waals surface area contributed by atoms with Crippen molar-refractivity contribution in [1.29, 1.82) is 0 Å². The lowest BCUT2D eigenvalue weighted by Gasteiger charge is -2.23. The number of piperidine rings is 1. The molecule has 1 aromatic heterocycles. The molecule has 1 saturated carbocycles. The van der Waals surface area contributed by atoms with Crippen LogP contribution in [0.3, 0.4) is 0 Å². The number of nitrogens with one attached hydrogen (secondary N) is 2. The summed E-state index contributed by atoms with van der Waals surface area (Å²) in [5.74, 6) is 0.379.